The van der Waals surface area contributed by atoms with E-state index in [4.69, 9.17) is 0 Å². The fraction of sp³-hybridized carbons (Fsp3) is 0.538. The first-order valence-corrected chi connectivity index (χ1v) is 7.60. The van der Waals surface area contributed by atoms with Crippen LogP contribution in [0.4, 0.5) is 0 Å². The van der Waals surface area contributed by atoms with Crippen molar-refractivity contribution in [1.82, 2.24) is 19.6 Å². The second-order valence-electron chi connectivity index (χ2n) is 4.84. The highest BCUT2D eigenvalue weighted by Crippen LogP contribution is 2.11. The van der Waals surface area contributed by atoms with Gasteiger partial charge < -0.3 is 10.2 Å². The first-order chi connectivity index (χ1) is 9.33. The van der Waals surface area contributed by atoms with Crippen LogP contribution in [0.15, 0.2) is 17.8 Å². The molecule has 6 heteroatoms. The second-order valence-corrected chi connectivity index (χ2v) is 5.71. The van der Waals surface area contributed by atoms with E-state index >= 15 is 0 Å². The number of fused-ring (bicyclic) bond motifs is 1. The van der Waals surface area contributed by atoms with E-state index in [9.17, 15) is 4.79 Å². The highest BCUT2D eigenvalue weighted by Gasteiger charge is 2.16. The molecule has 0 aromatic carbocycles. The second kappa shape index (κ2) is 5.71. The lowest BCUT2D eigenvalue weighted by atomic mass is 10.3. The maximum atomic E-state index is 11.8. The minimum absolute atomic E-state index is 0.274. The van der Waals surface area contributed by atoms with Gasteiger partial charge in [-0.25, -0.2) is 4.98 Å². The molecule has 1 fully saturated rings. The summed E-state index contributed by atoms with van der Waals surface area (Å²) in [6, 6.07) is 0. The minimum atomic E-state index is 0.274. The Morgan fingerprint density at radius 3 is 3.05 bits per heavy atom. The maximum absolute atomic E-state index is 11.8. The molecule has 5 nitrogen and oxygen atoms in total. The highest BCUT2D eigenvalue weighted by molar-refractivity contribution is 7.15. The first kappa shape index (κ1) is 12.6. The molecule has 0 atom stereocenters. The van der Waals surface area contributed by atoms with E-state index in [1.165, 1.54) is 0 Å². The van der Waals surface area contributed by atoms with E-state index < -0.39 is 0 Å². The zero-order valence-electron chi connectivity index (χ0n) is 10.8. The lowest BCUT2D eigenvalue weighted by Gasteiger charge is -2.14. The largest absolute Gasteiger partial charge is 0.343 e. The van der Waals surface area contributed by atoms with E-state index in [0.29, 0.717) is 6.42 Å². The molecule has 1 aliphatic heterocycles. The lowest BCUT2D eigenvalue weighted by molar-refractivity contribution is -0.130. The Balaban J connectivity index is 1.40. The van der Waals surface area contributed by atoms with Crippen LogP contribution in [0, 0.1) is 0 Å². The van der Waals surface area contributed by atoms with Crippen molar-refractivity contribution in [2.24, 2.45) is 0 Å². The van der Waals surface area contributed by atoms with Crippen molar-refractivity contribution in [1.29, 1.82) is 0 Å². The Morgan fingerprint density at radius 2 is 2.26 bits per heavy atom. The lowest BCUT2D eigenvalue weighted by Crippen LogP contribution is -2.30. The number of aromatic nitrogens is 2. The van der Waals surface area contributed by atoms with Gasteiger partial charge >= 0.3 is 0 Å². The molecule has 1 N–H and O–H groups in total. The molecule has 0 aliphatic carbocycles. The number of hydrogen-bond acceptors (Lipinski definition) is 4. The van der Waals surface area contributed by atoms with Gasteiger partial charge in [0.25, 0.3) is 0 Å². The van der Waals surface area contributed by atoms with E-state index in [-0.39, 0.29) is 5.91 Å². The molecule has 0 radical (unpaired) electrons. The van der Waals surface area contributed by atoms with Crippen LogP contribution in [-0.4, -0.2) is 39.8 Å². The van der Waals surface area contributed by atoms with Crippen molar-refractivity contribution >= 4 is 22.2 Å². The van der Waals surface area contributed by atoms with Crippen molar-refractivity contribution in [3.8, 4) is 0 Å². The Kier molecular flexibility index (Phi) is 3.79. The maximum Gasteiger partial charge on any atom is 0.223 e. The fourth-order valence-corrected chi connectivity index (χ4v) is 3.12. The zero-order valence-corrected chi connectivity index (χ0v) is 11.7. The molecule has 0 spiro atoms. The van der Waals surface area contributed by atoms with E-state index in [0.717, 1.165) is 49.7 Å². The van der Waals surface area contributed by atoms with Gasteiger partial charge in [-0.3, -0.25) is 9.20 Å². The van der Waals surface area contributed by atoms with Gasteiger partial charge in [-0.05, 0) is 12.8 Å². The summed E-state index contributed by atoms with van der Waals surface area (Å²) in [5.41, 5.74) is 1.03. The van der Waals surface area contributed by atoms with Crippen LogP contribution in [0.2, 0.25) is 0 Å². The molecule has 102 valence electrons. The van der Waals surface area contributed by atoms with Crippen molar-refractivity contribution in [2.45, 2.75) is 25.8 Å². The molecule has 19 heavy (non-hydrogen) atoms. The number of amides is 1. The average molecular weight is 278 g/mol. The molecule has 3 heterocycles. The summed E-state index contributed by atoms with van der Waals surface area (Å²) < 4.78 is 2.02. The molecule has 1 aliphatic rings. The third kappa shape index (κ3) is 2.96. The van der Waals surface area contributed by atoms with Crippen LogP contribution in [0.1, 0.15) is 25.0 Å². The van der Waals surface area contributed by atoms with Gasteiger partial charge in [0.1, 0.15) is 0 Å². The van der Waals surface area contributed by atoms with Crippen LogP contribution in [0.25, 0.3) is 4.96 Å². The van der Waals surface area contributed by atoms with Crippen LogP contribution in [0.3, 0.4) is 0 Å². The van der Waals surface area contributed by atoms with Crippen molar-refractivity contribution in [2.75, 3.05) is 19.6 Å². The number of hydrogen-bond donors (Lipinski definition) is 1. The Bertz CT molecular complexity index is 527. The average Bonchev–Trinajstić information content (AvgIpc) is 3.09. The summed E-state index contributed by atoms with van der Waals surface area (Å²) in [7, 11) is 0. The van der Waals surface area contributed by atoms with Crippen molar-refractivity contribution in [3.05, 3.63) is 23.5 Å². The summed E-state index contributed by atoms with van der Waals surface area (Å²) >= 11 is 1.63. The predicted octanol–water partition coefficient (Wildman–Crippen LogP) is 1.50. The quantitative estimate of drug-likeness (QED) is 0.843. The van der Waals surface area contributed by atoms with Crippen LogP contribution in [0.5, 0.6) is 0 Å². The molecule has 1 saturated heterocycles. The van der Waals surface area contributed by atoms with Gasteiger partial charge in [0.15, 0.2) is 4.96 Å². The summed E-state index contributed by atoms with van der Waals surface area (Å²) in [5.74, 6) is 0.274. The minimum Gasteiger partial charge on any atom is -0.343 e. The number of imidazole rings is 1. The third-order valence-corrected chi connectivity index (χ3v) is 4.19. The number of carbonyl (C=O) groups is 1. The molecular formula is C13H18N4OS. The van der Waals surface area contributed by atoms with Crippen molar-refractivity contribution < 1.29 is 4.79 Å². The van der Waals surface area contributed by atoms with Gasteiger partial charge in [0, 0.05) is 50.4 Å². The number of nitrogens with zero attached hydrogens (tertiary/aromatic N) is 3. The fourth-order valence-electron chi connectivity index (χ4n) is 2.40. The molecule has 0 bridgehead atoms. The molecule has 0 saturated carbocycles. The number of nitrogens with one attached hydrogen (secondary N) is 1. The van der Waals surface area contributed by atoms with Crippen molar-refractivity contribution in [3.63, 3.8) is 0 Å². The molecule has 2 aromatic heterocycles. The van der Waals surface area contributed by atoms with E-state index in [2.05, 4.69) is 10.3 Å². The summed E-state index contributed by atoms with van der Waals surface area (Å²) in [6.07, 6.45) is 6.94. The normalized spacial score (nSPS) is 15.5. The third-order valence-electron chi connectivity index (χ3n) is 3.42. The molecule has 1 amide bonds. The SMILES string of the molecule is O=C(CCNCc1cn2ccsc2n1)N1CCCC1. The topological polar surface area (TPSA) is 49.6 Å². The van der Waals surface area contributed by atoms with Gasteiger partial charge in [0.2, 0.25) is 5.91 Å². The number of likely N-dealkylation sites (tertiary alicyclic amines) is 1. The molecule has 3 rings (SSSR count). The van der Waals surface area contributed by atoms with Crippen LogP contribution >= 0.6 is 11.3 Å². The first-order valence-electron chi connectivity index (χ1n) is 6.72. The number of thiazole rings is 1. The summed E-state index contributed by atoms with van der Waals surface area (Å²) in [6.45, 7) is 3.33. The Hall–Kier alpha value is -1.40. The highest BCUT2D eigenvalue weighted by atomic mass is 32.1. The Labute approximate surface area is 116 Å². The van der Waals surface area contributed by atoms with Gasteiger partial charge in [-0.1, -0.05) is 0 Å². The van der Waals surface area contributed by atoms with E-state index in [1.54, 1.807) is 11.3 Å². The zero-order chi connectivity index (χ0) is 13.1. The van der Waals surface area contributed by atoms with Gasteiger partial charge in [0.05, 0.1) is 5.69 Å². The van der Waals surface area contributed by atoms with Gasteiger partial charge in [-0.2, -0.15) is 0 Å². The number of carbonyl (C=O) groups excluding carboxylic acids is 1. The molecule has 2 aromatic rings. The molecule has 0 unspecified atom stereocenters. The monoisotopic (exact) mass is 278 g/mol. The Morgan fingerprint density at radius 1 is 1.42 bits per heavy atom. The smallest absolute Gasteiger partial charge is 0.223 e. The summed E-state index contributed by atoms with van der Waals surface area (Å²) in [5, 5.41) is 5.31. The van der Waals surface area contributed by atoms with Crippen LogP contribution in [-0.2, 0) is 11.3 Å². The summed E-state index contributed by atoms with van der Waals surface area (Å²) in [4.78, 5) is 19.3. The van der Waals surface area contributed by atoms with Crippen LogP contribution < -0.4 is 5.32 Å². The molecular weight excluding hydrogens is 260 g/mol. The standard InChI is InChI=1S/C13H18N4OS/c18-12(16-5-1-2-6-16)3-4-14-9-11-10-17-7-8-19-13(17)15-11/h7-8,10,14H,1-6,9H2. The van der Waals surface area contributed by atoms with E-state index in [1.807, 2.05) is 27.1 Å². The number of rotatable bonds is 5. The van der Waals surface area contributed by atoms with Gasteiger partial charge in [-0.15, -0.1) is 11.3 Å². The predicted molar refractivity (Wildman–Crippen MR) is 75.2 cm³/mol.